The van der Waals surface area contributed by atoms with Crippen LogP contribution in [0, 0.1) is 21.3 Å². The fourth-order valence-electron chi connectivity index (χ4n) is 7.00. The SMILES string of the molecule is CC/C(=C\c1cc(I)c(O)c(OC)c1)CC[C@H]1OC[C@H]2C1=C(C)C[C@H]1C(=O)N(c3ccc(Nc4ccccc4)cc3)C(=O)[C@H]12. The number of nitrogens with one attached hydrogen (secondary N) is 1. The van der Waals surface area contributed by atoms with Gasteiger partial charge in [0, 0.05) is 17.3 Å². The number of allylic oxidation sites excluding steroid dienone is 2. The molecule has 4 atom stereocenters. The first-order valence-corrected chi connectivity index (χ1v) is 16.2. The van der Waals surface area contributed by atoms with Gasteiger partial charge in [0.25, 0.3) is 0 Å². The molecule has 6 rings (SSSR count). The van der Waals surface area contributed by atoms with Crippen LogP contribution in [0.5, 0.6) is 11.5 Å². The first-order chi connectivity index (χ1) is 21.3. The van der Waals surface area contributed by atoms with Crippen molar-refractivity contribution >= 4 is 57.5 Å². The van der Waals surface area contributed by atoms with Gasteiger partial charge in [0.2, 0.25) is 11.8 Å². The number of carbonyl (C=O) groups excluding carboxylic acids is 2. The summed E-state index contributed by atoms with van der Waals surface area (Å²) in [6.45, 7) is 4.71. The highest BCUT2D eigenvalue weighted by molar-refractivity contribution is 14.1. The molecule has 3 aromatic carbocycles. The minimum Gasteiger partial charge on any atom is -0.504 e. The second-order valence-corrected chi connectivity index (χ2v) is 13.0. The number of phenolic OH excluding ortho intramolecular Hbond substituents is 1. The molecule has 0 saturated carbocycles. The highest BCUT2D eigenvalue weighted by Gasteiger charge is 2.56. The van der Waals surface area contributed by atoms with E-state index in [1.807, 2.05) is 66.7 Å². The van der Waals surface area contributed by atoms with Gasteiger partial charge in [-0.2, -0.15) is 0 Å². The smallest absolute Gasteiger partial charge is 0.238 e. The zero-order chi connectivity index (χ0) is 31.0. The van der Waals surface area contributed by atoms with Crippen LogP contribution in [0.1, 0.15) is 45.1 Å². The maximum atomic E-state index is 13.9. The second-order valence-electron chi connectivity index (χ2n) is 11.8. The van der Waals surface area contributed by atoms with E-state index in [1.54, 1.807) is 7.11 Å². The zero-order valence-corrected chi connectivity index (χ0v) is 27.3. The number of amides is 2. The summed E-state index contributed by atoms with van der Waals surface area (Å²) in [6, 6.07) is 21.2. The molecule has 3 aromatic rings. The summed E-state index contributed by atoms with van der Waals surface area (Å²) >= 11 is 2.12. The molecular weight excluding hydrogens is 667 g/mol. The Morgan fingerprint density at radius 3 is 2.50 bits per heavy atom. The number of rotatable bonds is 9. The normalized spacial score (nSPS) is 23.2. The summed E-state index contributed by atoms with van der Waals surface area (Å²) in [5.41, 5.74) is 7.14. The monoisotopic (exact) mass is 704 g/mol. The van der Waals surface area contributed by atoms with Gasteiger partial charge in [0.1, 0.15) is 0 Å². The van der Waals surface area contributed by atoms with Gasteiger partial charge in [-0.15, -0.1) is 0 Å². The maximum Gasteiger partial charge on any atom is 0.238 e. The van der Waals surface area contributed by atoms with Crippen molar-refractivity contribution in [2.24, 2.45) is 17.8 Å². The van der Waals surface area contributed by atoms with Crippen molar-refractivity contribution in [3.63, 3.8) is 0 Å². The second kappa shape index (κ2) is 12.8. The molecule has 0 bridgehead atoms. The Hall–Kier alpha value is -3.63. The fourth-order valence-corrected chi connectivity index (χ4v) is 7.63. The number of methoxy groups -OCH3 is 1. The number of carbonyl (C=O) groups is 2. The van der Waals surface area contributed by atoms with Crippen LogP contribution >= 0.6 is 22.6 Å². The Balaban J connectivity index is 1.16. The highest BCUT2D eigenvalue weighted by atomic mass is 127. The number of phenols is 1. The van der Waals surface area contributed by atoms with Crippen LogP contribution in [0.25, 0.3) is 6.08 Å². The predicted octanol–water partition coefficient (Wildman–Crippen LogP) is 7.86. The Morgan fingerprint density at radius 2 is 1.80 bits per heavy atom. The fraction of sp³-hybridized carbons (Fsp3) is 0.333. The summed E-state index contributed by atoms with van der Waals surface area (Å²) in [5.74, 6) is -0.421. The minimum absolute atomic E-state index is 0.0642. The summed E-state index contributed by atoms with van der Waals surface area (Å²) in [4.78, 5) is 28.9. The van der Waals surface area contributed by atoms with E-state index in [0.717, 1.165) is 39.8 Å². The van der Waals surface area contributed by atoms with Crippen molar-refractivity contribution in [1.82, 2.24) is 0 Å². The van der Waals surface area contributed by atoms with Crippen LogP contribution in [0.4, 0.5) is 17.1 Å². The Kier molecular flexibility index (Phi) is 8.82. The molecule has 2 heterocycles. The number of para-hydroxylation sites is 1. The molecule has 0 aromatic heterocycles. The third-order valence-electron chi connectivity index (χ3n) is 9.16. The molecule has 2 fully saturated rings. The van der Waals surface area contributed by atoms with Gasteiger partial charge in [-0.1, -0.05) is 42.3 Å². The number of hydrogen-bond donors (Lipinski definition) is 2. The predicted molar refractivity (Wildman–Crippen MR) is 181 cm³/mol. The van der Waals surface area contributed by atoms with Crippen LogP contribution in [-0.2, 0) is 14.3 Å². The van der Waals surface area contributed by atoms with Crippen LogP contribution < -0.4 is 15.0 Å². The molecule has 0 unspecified atom stereocenters. The number of benzene rings is 3. The average Bonchev–Trinajstić information content (AvgIpc) is 3.56. The number of nitrogens with zero attached hydrogens (tertiary/aromatic N) is 1. The molecule has 44 heavy (non-hydrogen) atoms. The van der Waals surface area contributed by atoms with E-state index in [-0.39, 0.29) is 41.4 Å². The Morgan fingerprint density at radius 1 is 1.07 bits per heavy atom. The van der Waals surface area contributed by atoms with Crippen LogP contribution in [-0.4, -0.2) is 36.7 Å². The number of fused-ring (bicyclic) bond motifs is 3. The summed E-state index contributed by atoms with van der Waals surface area (Å²) < 4.78 is 12.4. The third kappa shape index (κ3) is 5.77. The van der Waals surface area contributed by atoms with E-state index in [4.69, 9.17) is 9.47 Å². The van der Waals surface area contributed by atoms with Gasteiger partial charge in [0.15, 0.2) is 11.5 Å². The van der Waals surface area contributed by atoms with Gasteiger partial charge in [-0.05, 0) is 115 Å². The van der Waals surface area contributed by atoms with Crippen LogP contribution in [0.3, 0.4) is 0 Å². The number of hydrogen-bond acceptors (Lipinski definition) is 6. The molecule has 8 heteroatoms. The molecule has 228 valence electrons. The van der Waals surface area contributed by atoms with E-state index in [9.17, 15) is 14.7 Å². The van der Waals surface area contributed by atoms with Crippen molar-refractivity contribution in [1.29, 1.82) is 0 Å². The topological polar surface area (TPSA) is 88.1 Å². The average molecular weight is 705 g/mol. The molecule has 2 amide bonds. The highest BCUT2D eigenvalue weighted by Crippen LogP contribution is 2.50. The number of ether oxygens (including phenoxy) is 2. The molecule has 2 N–H and O–H groups in total. The molecule has 0 radical (unpaired) electrons. The molecule has 0 spiro atoms. The van der Waals surface area contributed by atoms with Crippen LogP contribution in [0.15, 0.2) is 83.4 Å². The lowest BCUT2D eigenvalue weighted by Crippen LogP contribution is -2.34. The number of imide groups is 1. The third-order valence-corrected chi connectivity index (χ3v) is 9.99. The molecule has 1 aliphatic carbocycles. The van der Waals surface area contributed by atoms with Gasteiger partial charge in [-0.3, -0.25) is 14.5 Å². The minimum atomic E-state index is -0.388. The van der Waals surface area contributed by atoms with Gasteiger partial charge in [-0.25, -0.2) is 0 Å². The Labute approximate surface area is 272 Å². The lowest BCUT2D eigenvalue weighted by atomic mass is 9.70. The van der Waals surface area contributed by atoms with E-state index >= 15 is 0 Å². The molecular formula is C36H37IN2O5. The van der Waals surface area contributed by atoms with Crippen molar-refractivity contribution in [3.05, 3.63) is 92.6 Å². The van der Waals surface area contributed by atoms with E-state index in [0.29, 0.717) is 24.5 Å². The van der Waals surface area contributed by atoms with E-state index < -0.39 is 0 Å². The lowest BCUT2D eigenvalue weighted by molar-refractivity contribution is -0.122. The van der Waals surface area contributed by atoms with Crippen molar-refractivity contribution < 1.29 is 24.2 Å². The van der Waals surface area contributed by atoms with Gasteiger partial charge in [0.05, 0.1) is 40.9 Å². The molecule has 2 saturated heterocycles. The standard InChI is InChI=1S/C36H37IN2O5/c1-4-22(17-23-18-29(37)34(40)31(19-23)43-3)10-15-30-32-21(2)16-27-33(28(32)20-44-30)36(42)39(35(27)41)26-13-11-25(12-14-26)38-24-8-6-5-7-9-24/h5-9,11-14,17-19,27-28,30,33,38,40H,4,10,15-16,20H2,1-3H3/b22-17+/t27-,28+,30-,33-/m1/s1. The first-order valence-electron chi connectivity index (χ1n) is 15.2. The Bertz CT molecular complexity index is 1630. The number of halogens is 1. The summed E-state index contributed by atoms with van der Waals surface area (Å²) in [5, 5.41) is 13.6. The van der Waals surface area contributed by atoms with Crippen molar-refractivity contribution in [2.45, 2.75) is 45.6 Å². The summed E-state index contributed by atoms with van der Waals surface area (Å²) in [7, 11) is 1.56. The molecule has 3 aliphatic rings. The molecule has 2 aliphatic heterocycles. The largest absolute Gasteiger partial charge is 0.504 e. The quantitative estimate of drug-likeness (QED) is 0.134. The van der Waals surface area contributed by atoms with E-state index in [2.05, 4.69) is 47.8 Å². The van der Waals surface area contributed by atoms with Crippen molar-refractivity contribution in [3.8, 4) is 11.5 Å². The number of aromatic hydroxyl groups is 1. The van der Waals surface area contributed by atoms with Gasteiger partial charge < -0.3 is 19.9 Å². The van der Waals surface area contributed by atoms with Crippen molar-refractivity contribution in [2.75, 3.05) is 23.9 Å². The zero-order valence-electron chi connectivity index (χ0n) is 25.2. The number of anilines is 3. The van der Waals surface area contributed by atoms with Crippen LogP contribution in [0.2, 0.25) is 0 Å². The first kappa shape index (κ1) is 30.4. The lowest BCUT2D eigenvalue weighted by Gasteiger charge is -2.30. The summed E-state index contributed by atoms with van der Waals surface area (Å²) in [6.07, 6.45) is 5.24. The van der Waals surface area contributed by atoms with E-state index in [1.165, 1.54) is 21.6 Å². The molecule has 7 nitrogen and oxygen atoms in total. The van der Waals surface area contributed by atoms with Gasteiger partial charge >= 0.3 is 0 Å². The maximum absolute atomic E-state index is 13.9.